The highest BCUT2D eigenvalue weighted by atomic mass is 35.5. The smallest absolute Gasteiger partial charge is 0.410 e. The summed E-state index contributed by atoms with van der Waals surface area (Å²) in [4.78, 5) is 31.6. The predicted molar refractivity (Wildman–Crippen MR) is 176 cm³/mol. The summed E-state index contributed by atoms with van der Waals surface area (Å²) in [5.74, 6) is 0.193. The van der Waals surface area contributed by atoms with Crippen molar-refractivity contribution in [1.29, 1.82) is 0 Å². The van der Waals surface area contributed by atoms with Crippen LogP contribution in [0.15, 0.2) is 60.8 Å². The molecule has 8 heteroatoms. The zero-order valence-corrected chi connectivity index (χ0v) is 26.8. The Labute approximate surface area is 264 Å². The molecule has 0 unspecified atom stereocenters. The van der Waals surface area contributed by atoms with E-state index >= 15 is 0 Å². The molecule has 1 atom stereocenters. The largest absolute Gasteiger partial charge is 0.492 e. The summed E-state index contributed by atoms with van der Waals surface area (Å²) in [6.45, 7) is 10.9. The number of fused-ring (bicyclic) bond motifs is 1. The van der Waals surface area contributed by atoms with E-state index in [1.54, 1.807) is 18.2 Å². The molecule has 2 heterocycles. The molecular weight excluding hydrogens is 574 g/mol. The summed E-state index contributed by atoms with van der Waals surface area (Å²) in [6, 6.07) is 17.3. The van der Waals surface area contributed by atoms with Crippen molar-refractivity contribution in [2.45, 2.75) is 71.9 Å². The average Bonchev–Trinajstić information content (AvgIpc) is 2.95. The van der Waals surface area contributed by atoms with Gasteiger partial charge in [0.25, 0.3) is 0 Å². The van der Waals surface area contributed by atoms with E-state index in [-0.39, 0.29) is 12.1 Å². The number of benzene rings is 3. The molecule has 0 saturated carbocycles. The Morgan fingerprint density at radius 3 is 2.45 bits per heavy atom. The van der Waals surface area contributed by atoms with E-state index in [2.05, 4.69) is 32.0 Å². The van der Waals surface area contributed by atoms with Crippen molar-refractivity contribution < 1.29 is 19.1 Å². The first-order chi connectivity index (χ1) is 20.9. The number of piperidine rings is 1. The molecule has 0 spiro atoms. The molecule has 230 valence electrons. The van der Waals surface area contributed by atoms with Gasteiger partial charge in [0.15, 0.2) is 0 Å². The van der Waals surface area contributed by atoms with Crippen LogP contribution in [-0.2, 0) is 4.74 Å². The highest BCUT2D eigenvalue weighted by Crippen LogP contribution is 2.41. The molecule has 0 bridgehead atoms. The van der Waals surface area contributed by atoms with Crippen LogP contribution in [0.1, 0.15) is 67.9 Å². The number of amides is 2. The quantitative estimate of drug-likeness (QED) is 0.225. The number of aromatic nitrogens is 1. The van der Waals surface area contributed by atoms with Crippen LogP contribution in [0.4, 0.5) is 4.79 Å². The van der Waals surface area contributed by atoms with Crippen molar-refractivity contribution >= 4 is 34.5 Å². The van der Waals surface area contributed by atoms with E-state index in [4.69, 9.17) is 31.8 Å². The Morgan fingerprint density at radius 1 is 1.00 bits per heavy atom. The van der Waals surface area contributed by atoms with E-state index in [0.29, 0.717) is 41.4 Å². The second kappa shape index (κ2) is 12.9. The Bertz CT molecular complexity index is 1690. The van der Waals surface area contributed by atoms with E-state index in [0.717, 1.165) is 58.0 Å². The Morgan fingerprint density at radius 2 is 1.75 bits per heavy atom. The van der Waals surface area contributed by atoms with Crippen LogP contribution in [0.25, 0.3) is 33.2 Å². The van der Waals surface area contributed by atoms with Gasteiger partial charge in [0.2, 0.25) is 5.91 Å². The number of pyridine rings is 1. The van der Waals surface area contributed by atoms with Gasteiger partial charge in [-0.25, -0.2) is 4.79 Å². The molecular formula is C36H40ClN3O4. The van der Waals surface area contributed by atoms with Crippen molar-refractivity contribution in [3.8, 4) is 28.0 Å². The van der Waals surface area contributed by atoms with Crippen LogP contribution in [0.3, 0.4) is 0 Å². The first-order valence-electron chi connectivity index (χ1n) is 15.1. The summed E-state index contributed by atoms with van der Waals surface area (Å²) in [5.41, 5.74) is 11.8. The third kappa shape index (κ3) is 7.16. The third-order valence-electron chi connectivity index (χ3n) is 7.85. The molecule has 1 fully saturated rings. The summed E-state index contributed by atoms with van der Waals surface area (Å²) < 4.78 is 12.4. The van der Waals surface area contributed by atoms with Crippen LogP contribution in [0, 0.1) is 13.8 Å². The second-order valence-electron chi connectivity index (χ2n) is 12.6. The van der Waals surface area contributed by atoms with Gasteiger partial charge in [-0.2, -0.15) is 0 Å². The Balaban J connectivity index is 1.54. The number of hydrogen-bond donors (Lipinski definition) is 1. The Hall–Kier alpha value is -4.10. The van der Waals surface area contributed by atoms with Gasteiger partial charge in [-0.1, -0.05) is 53.1 Å². The van der Waals surface area contributed by atoms with Gasteiger partial charge in [0, 0.05) is 47.3 Å². The molecule has 2 N–H and O–H groups in total. The van der Waals surface area contributed by atoms with E-state index in [9.17, 15) is 9.59 Å². The number of ether oxygens (including phenoxy) is 2. The summed E-state index contributed by atoms with van der Waals surface area (Å²) in [6.07, 6.45) is 5.15. The molecule has 1 aromatic heterocycles. The summed E-state index contributed by atoms with van der Waals surface area (Å²) in [5, 5.41) is 1.31. The maximum absolute atomic E-state index is 13.0. The monoisotopic (exact) mass is 613 g/mol. The lowest BCUT2D eigenvalue weighted by molar-refractivity contribution is 0.00744. The fraction of sp³-hybridized carbons (Fsp3) is 0.361. The van der Waals surface area contributed by atoms with Crippen molar-refractivity contribution in [2.24, 2.45) is 5.73 Å². The van der Waals surface area contributed by atoms with Crippen LogP contribution < -0.4 is 10.5 Å². The first kappa shape index (κ1) is 31.3. The van der Waals surface area contributed by atoms with Gasteiger partial charge in [0.1, 0.15) is 11.4 Å². The van der Waals surface area contributed by atoms with Crippen LogP contribution in [0.5, 0.6) is 5.75 Å². The van der Waals surface area contributed by atoms with Gasteiger partial charge < -0.3 is 20.1 Å². The normalized spacial score (nSPS) is 15.3. The van der Waals surface area contributed by atoms with Gasteiger partial charge in [-0.05, 0) is 89.3 Å². The zero-order chi connectivity index (χ0) is 31.6. The molecule has 4 aromatic rings. The molecule has 2 amide bonds. The number of hydrogen-bond acceptors (Lipinski definition) is 5. The maximum Gasteiger partial charge on any atom is 0.410 e. The van der Waals surface area contributed by atoms with E-state index in [1.165, 1.54) is 0 Å². The lowest BCUT2D eigenvalue weighted by Crippen LogP contribution is -2.46. The predicted octanol–water partition coefficient (Wildman–Crippen LogP) is 8.50. The second-order valence-corrected chi connectivity index (χ2v) is 13.0. The maximum atomic E-state index is 13.0. The fourth-order valence-electron chi connectivity index (χ4n) is 5.90. The topological polar surface area (TPSA) is 94.7 Å². The SMILES string of the molecule is Cc1cc(C)cc(-c2cnc3cc(Cl)c(-c4cccc(C(N)=O)c4)cc3c2OCC[C@H]2CCCCN2C(=O)OC(C)(C)C)c1. The number of nitrogens with two attached hydrogens (primary N) is 1. The van der Waals surface area contributed by atoms with Crippen molar-refractivity contribution in [1.82, 2.24) is 9.88 Å². The average molecular weight is 614 g/mol. The van der Waals surface area contributed by atoms with Crippen molar-refractivity contribution in [3.05, 3.63) is 82.5 Å². The molecule has 0 radical (unpaired) electrons. The number of rotatable bonds is 7. The minimum Gasteiger partial charge on any atom is -0.492 e. The molecule has 0 aliphatic carbocycles. The molecule has 44 heavy (non-hydrogen) atoms. The number of likely N-dealkylation sites (tertiary alicyclic amines) is 1. The fourth-order valence-corrected chi connectivity index (χ4v) is 6.17. The van der Waals surface area contributed by atoms with Crippen molar-refractivity contribution in [2.75, 3.05) is 13.2 Å². The summed E-state index contributed by atoms with van der Waals surface area (Å²) in [7, 11) is 0. The van der Waals surface area contributed by atoms with Crippen LogP contribution in [0.2, 0.25) is 5.02 Å². The Kier molecular flexibility index (Phi) is 9.16. The van der Waals surface area contributed by atoms with Gasteiger partial charge in [-0.3, -0.25) is 9.78 Å². The summed E-state index contributed by atoms with van der Waals surface area (Å²) >= 11 is 6.77. The standard InChI is InChI=1S/C36H40ClN3O4/c1-22-15-23(2)17-26(16-22)30-21-39-32-20-31(37)28(24-9-8-10-25(18-24)34(38)41)19-29(32)33(30)43-14-12-27-11-6-7-13-40(27)35(42)44-36(3,4)5/h8-10,15-21,27H,6-7,11-14H2,1-5H3,(H2,38,41)/t27-/m1/s1. The first-order valence-corrected chi connectivity index (χ1v) is 15.5. The van der Waals surface area contributed by atoms with Gasteiger partial charge >= 0.3 is 6.09 Å². The minimum absolute atomic E-state index is 0.0258. The number of carbonyl (C=O) groups excluding carboxylic acids is 2. The highest BCUT2D eigenvalue weighted by Gasteiger charge is 2.30. The molecule has 7 nitrogen and oxygen atoms in total. The number of halogens is 1. The van der Waals surface area contributed by atoms with Crippen LogP contribution in [-0.4, -0.2) is 46.7 Å². The van der Waals surface area contributed by atoms with E-state index in [1.807, 2.05) is 50.1 Å². The molecule has 1 aliphatic heterocycles. The zero-order valence-electron chi connectivity index (χ0n) is 26.1. The molecule has 1 aliphatic rings. The van der Waals surface area contributed by atoms with Crippen molar-refractivity contribution in [3.63, 3.8) is 0 Å². The third-order valence-corrected chi connectivity index (χ3v) is 8.16. The highest BCUT2D eigenvalue weighted by molar-refractivity contribution is 6.34. The van der Waals surface area contributed by atoms with Gasteiger partial charge in [-0.15, -0.1) is 0 Å². The van der Waals surface area contributed by atoms with Crippen LogP contribution >= 0.6 is 11.6 Å². The van der Waals surface area contributed by atoms with Gasteiger partial charge in [0.05, 0.1) is 17.1 Å². The number of primary amides is 1. The molecule has 1 saturated heterocycles. The molecule has 3 aromatic carbocycles. The number of carbonyl (C=O) groups is 2. The number of aryl methyl sites for hydroxylation is 2. The lowest BCUT2D eigenvalue weighted by Gasteiger charge is -2.36. The lowest BCUT2D eigenvalue weighted by atomic mass is 9.97. The number of nitrogens with zero attached hydrogens (tertiary/aromatic N) is 2. The minimum atomic E-state index is -0.553. The van der Waals surface area contributed by atoms with E-state index < -0.39 is 11.5 Å². The molecule has 5 rings (SSSR count).